The Morgan fingerprint density at radius 3 is 2.32 bits per heavy atom. The van der Waals surface area contributed by atoms with Crippen LogP contribution < -0.4 is 11.2 Å². The van der Waals surface area contributed by atoms with E-state index in [-0.39, 0.29) is 11.2 Å². The predicted molar refractivity (Wildman–Crippen MR) is 101 cm³/mol. The zero-order chi connectivity index (χ0) is 18.9. The second-order valence-electron chi connectivity index (χ2n) is 5.13. The molecule has 0 atom stereocenters. The number of rotatable bonds is 1. The van der Waals surface area contributed by atoms with Gasteiger partial charge in [0.15, 0.2) is 0 Å². The topological polar surface area (TPSA) is 91.0 Å². The number of hydrogen-bond acceptors (Lipinski definition) is 6. The molecule has 11 heteroatoms. The Labute approximate surface area is 156 Å². The summed E-state index contributed by atoms with van der Waals surface area (Å²) < 4.78 is 26.3. The van der Waals surface area contributed by atoms with Gasteiger partial charge in [0.1, 0.15) is 0 Å². The van der Waals surface area contributed by atoms with Crippen LogP contribution in [0.3, 0.4) is 0 Å². The molecule has 0 saturated carbocycles. The highest BCUT2D eigenvalue weighted by Crippen LogP contribution is 2.23. The molecule has 0 aliphatic rings. The predicted octanol–water partition coefficient (Wildman–Crippen LogP) is 2.47. The van der Waals surface area contributed by atoms with Gasteiger partial charge in [-0.15, -0.1) is 0 Å². The molecule has 134 valence electrons. The maximum atomic E-state index is 12.3. The molecule has 0 bridgehead atoms. The van der Waals surface area contributed by atoms with Crippen LogP contribution in [0.1, 0.15) is 11.4 Å². The van der Waals surface area contributed by atoms with E-state index in [1.165, 1.54) is 26.7 Å². The van der Waals surface area contributed by atoms with Crippen molar-refractivity contribution in [3.63, 3.8) is 0 Å². The Bertz CT molecular complexity index is 1160. The van der Waals surface area contributed by atoms with Gasteiger partial charge in [0.05, 0.1) is 16.1 Å². The Morgan fingerprint density at radius 2 is 1.72 bits per heavy atom. The van der Waals surface area contributed by atoms with Gasteiger partial charge in [0, 0.05) is 45.6 Å². The van der Waals surface area contributed by atoms with Crippen molar-refractivity contribution in [2.45, 2.75) is 13.8 Å². The number of halogens is 2. The number of aryl methyl sites for hydroxylation is 2. The SMILES string of the molecule is Cc1nsc2ccc(-n3c(=O)cc(C)n(C)c3=O)cc12.O=S(=O)(Cl)Cl. The third-order valence-corrected chi connectivity index (χ3v) is 4.37. The van der Waals surface area contributed by atoms with Crippen molar-refractivity contribution in [2.75, 3.05) is 0 Å². The van der Waals surface area contributed by atoms with E-state index in [9.17, 15) is 9.59 Å². The van der Waals surface area contributed by atoms with Crippen LogP contribution in [0, 0.1) is 13.8 Å². The minimum atomic E-state index is -3.72. The molecule has 0 amide bonds. The summed E-state index contributed by atoms with van der Waals surface area (Å²) in [5, 5.41) is 0.974. The van der Waals surface area contributed by atoms with Crippen molar-refractivity contribution in [1.29, 1.82) is 0 Å². The van der Waals surface area contributed by atoms with Crippen LogP contribution in [0.4, 0.5) is 0 Å². The monoisotopic (exact) mass is 421 g/mol. The van der Waals surface area contributed by atoms with Crippen molar-refractivity contribution in [2.24, 2.45) is 7.05 Å². The highest BCUT2D eigenvalue weighted by Gasteiger charge is 2.10. The number of aromatic nitrogens is 3. The number of fused-ring (bicyclic) bond motifs is 1. The van der Waals surface area contributed by atoms with Crippen LogP contribution in [0.15, 0.2) is 33.9 Å². The lowest BCUT2D eigenvalue weighted by Crippen LogP contribution is -2.38. The van der Waals surface area contributed by atoms with E-state index in [1.807, 2.05) is 19.1 Å². The first-order valence-corrected chi connectivity index (χ1v) is 10.7. The first kappa shape index (κ1) is 19.6. The standard InChI is InChI=1S/C14H13N3O2S.Cl2O2S/c1-8-6-13(18)17(14(19)16(8)3)10-4-5-12-11(7-10)9(2)15-20-12;1-5(2,3)4/h4-7H,1-3H3;. The largest absolute Gasteiger partial charge is 0.335 e. The highest BCUT2D eigenvalue weighted by molar-refractivity contribution is 8.31. The zero-order valence-corrected chi connectivity index (χ0v) is 16.5. The number of hydrogen-bond donors (Lipinski definition) is 0. The normalized spacial score (nSPS) is 11.2. The third-order valence-electron chi connectivity index (χ3n) is 3.45. The fraction of sp³-hybridized carbons (Fsp3) is 0.214. The Balaban J connectivity index is 0.000000399. The van der Waals surface area contributed by atoms with E-state index < -0.39 is 8.26 Å². The lowest BCUT2D eigenvalue weighted by atomic mass is 10.2. The van der Waals surface area contributed by atoms with Crippen molar-refractivity contribution in [1.82, 2.24) is 13.5 Å². The van der Waals surface area contributed by atoms with Gasteiger partial charge in [-0.1, -0.05) is 0 Å². The molecular weight excluding hydrogens is 409 g/mol. The van der Waals surface area contributed by atoms with Crippen LogP contribution >= 0.6 is 32.9 Å². The van der Waals surface area contributed by atoms with Crippen LogP contribution in [0.2, 0.25) is 0 Å². The summed E-state index contributed by atoms with van der Waals surface area (Å²) in [6.07, 6.45) is 0. The average molecular weight is 422 g/mol. The molecule has 0 radical (unpaired) electrons. The van der Waals surface area contributed by atoms with Crippen LogP contribution in [0.5, 0.6) is 0 Å². The fourth-order valence-electron chi connectivity index (χ4n) is 2.16. The molecule has 3 rings (SSSR count). The molecular formula is C14H13Cl2N3O4S2. The molecule has 25 heavy (non-hydrogen) atoms. The Morgan fingerprint density at radius 1 is 1.12 bits per heavy atom. The van der Waals surface area contributed by atoms with E-state index in [1.54, 1.807) is 20.0 Å². The summed E-state index contributed by atoms with van der Waals surface area (Å²) in [5.74, 6) is 0. The molecule has 0 unspecified atom stereocenters. The van der Waals surface area contributed by atoms with E-state index in [0.717, 1.165) is 15.8 Å². The van der Waals surface area contributed by atoms with Gasteiger partial charge in [-0.25, -0.2) is 9.36 Å². The second kappa shape index (κ2) is 7.28. The minimum Gasteiger partial charge on any atom is -0.301 e. The Hall–Kier alpha value is -1.68. The summed E-state index contributed by atoms with van der Waals surface area (Å²) in [7, 11) is 6.47. The van der Waals surface area contributed by atoms with Crippen LogP contribution in [-0.4, -0.2) is 21.9 Å². The second-order valence-corrected chi connectivity index (χ2v) is 9.60. The summed E-state index contributed by atoms with van der Waals surface area (Å²) in [6.45, 7) is 3.65. The molecule has 2 aromatic heterocycles. The first-order chi connectivity index (χ1) is 11.5. The van der Waals surface area contributed by atoms with Gasteiger partial charge < -0.3 is 4.57 Å². The van der Waals surface area contributed by atoms with Gasteiger partial charge in [0.2, 0.25) is 0 Å². The van der Waals surface area contributed by atoms with Crippen molar-refractivity contribution in [3.05, 3.63) is 56.5 Å². The maximum absolute atomic E-state index is 12.3. The van der Waals surface area contributed by atoms with Crippen molar-refractivity contribution < 1.29 is 8.42 Å². The van der Waals surface area contributed by atoms with Gasteiger partial charge in [-0.3, -0.25) is 4.79 Å². The molecule has 0 aliphatic heterocycles. The number of benzene rings is 1. The van der Waals surface area contributed by atoms with Gasteiger partial charge in [0.25, 0.3) is 5.56 Å². The summed E-state index contributed by atoms with van der Waals surface area (Å²) in [6, 6.07) is 6.97. The average Bonchev–Trinajstić information content (AvgIpc) is 2.85. The molecule has 7 nitrogen and oxygen atoms in total. The maximum Gasteiger partial charge on any atom is 0.335 e. The van der Waals surface area contributed by atoms with Gasteiger partial charge >= 0.3 is 14.0 Å². The molecule has 2 heterocycles. The summed E-state index contributed by atoms with van der Waals surface area (Å²) in [4.78, 5) is 24.4. The first-order valence-electron chi connectivity index (χ1n) is 6.79. The van der Waals surface area contributed by atoms with E-state index in [0.29, 0.717) is 11.4 Å². The van der Waals surface area contributed by atoms with Crippen molar-refractivity contribution >= 4 is 51.2 Å². The molecule has 0 aliphatic carbocycles. The van der Waals surface area contributed by atoms with Crippen LogP contribution in [0.25, 0.3) is 15.8 Å². The molecule has 0 fully saturated rings. The minimum absolute atomic E-state index is 0.314. The summed E-state index contributed by atoms with van der Waals surface area (Å²) >= 11 is 1.41. The highest BCUT2D eigenvalue weighted by atomic mass is 36.0. The zero-order valence-electron chi connectivity index (χ0n) is 13.4. The third kappa shape index (κ3) is 4.69. The summed E-state index contributed by atoms with van der Waals surface area (Å²) in [5.41, 5.74) is 1.47. The molecule has 0 N–H and O–H groups in total. The van der Waals surface area contributed by atoms with Gasteiger partial charge in [-0.2, -0.15) is 12.8 Å². The lowest BCUT2D eigenvalue weighted by molar-refractivity contribution is 0.621. The van der Waals surface area contributed by atoms with E-state index >= 15 is 0 Å². The molecule has 0 saturated heterocycles. The van der Waals surface area contributed by atoms with E-state index in [2.05, 4.69) is 25.7 Å². The van der Waals surface area contributed by atoms with Crippen molar-refractivity contribution in [3.8, 4) is 5.69 Å². The van der Waals surface area contributed by atoms with Crippen LogP contribution in [-0.2, 0) is 15.3 Å². The number of nitrogens with zero attached hydrogens (tertiary/aromatic N) is 3. The smallest absolute Gasteiger partial charge is 0.301 e. The lowest BCUT2D eigenvalue weighted by Gasteiger charge is -2.09. The molecule has 0 spiro atoms. The quantitative estimate of drug-likeness (QED) is 0.562. The van der Waals surface area contributed by atoms with Gasteiger partial charge in [-0.05, 0) is 43.6 Å². The fourth-order valence-corrected chi connectivity index (χ4v) is 2.93. The Kier molecular flexibility index (Phi) is 5.72. The van der Waals surface area contributed by atoms with E-state index in [4.69, 9.17) is 8.42 Å². The molecule has 3 aromatic rings. The molecule has 1 aromatic carbocycles.